The molecule has 2 amide bonds. The molecular formula is C19H20N2O3. The Kier molecular flexibility index (Phi) is 3.84. The van der Waals surface area contributed by atoms with E-state index in [2.05, 4.69) is 0 Å². The van der Waals surface area contributed by atoms with Crippen LogP contribution in [0.3, 0.4) is 0 Å². The van der Waals surface area contributed by atoms with Gasteiger partial charge in [-0.15, -0.1) is 0 Å². The maximum atomic E-state index is 13.0. The number of amides is 2. The van der Waals surface area contributed by atoms with E-state index < -0.39 is 6.04 Å². The second-order valence-electron chi connectivity index (χ2n) is 6.43. The first kappa shape index (κ1) is 15.0. The molecule has 2 aliphatic heterocycles. The Morgan fingerprint density at radius 1 is 1.00 bits per heavy atom. The summed E-state index contributed by atoms with van der Waals surface area (Å²) >= 11 is 0. The summed E-state index contributed by atoms with van der Waals surface area (Å²) in [6.07, 6.45) is 4.14. The van der Waals surface area contributed by atoms with Crippen LogP contribution in [-0.2, 0) is 17.8 Å². The molecule has 1 atom stereocenters. The highest BCUT2D eigenvalue weighted by atomic mass is 16.3. The van der Waals surface area contributed by atoms with Crippen molar-refractivity contribution in [2.24, 2.45) is 0 Å². The van der Waals surface area contributed by atoms with Crippen LogP contribution < -0.4 is 0 Å². The molecule has 0 bridgehead atoms. The molecule has 5 nitrogen and oxygen atoms in total. The summed E-state index contributed by atoms with van der Waals surface area (Å²) < 4.78 is 5.27. The molecule has 0 N–H and O–H groups in total. The predicted octanol–water partition coefficient (Wildman–Crippen LogP) is 2.47. The van der Waals surface area contributed by atoms with Gasteiger partial charge >= 0.3 is 0 Å². The summed E-state index contributed by atoms with van der Waals surface area (Å²) in [7, 11) is 0. The van der Waals surface area contributed by atoms with E-state index >= 15 is 0 Å². The Hall–Kier alpha value is -2.56. The van der Waals surface area contributed by atoms with Crippen molar-refractivity contribution in [3.63, 3.8) is 0 Å². The van der Waals surface area contributed by atoms with Gasteiger partial charge < -0.3 is 14.2 Å². The van der Waals surface area contributed by atoms with Gasteiger partial charge in [-0.1, -0.05) is 24.3 Å². The van der Waals surface area contributed by atoms with Crippen molar-refractivity contribution < 1.29 is 14.0 Å². The second kappa shape index (κ2) is 6.15. The Balaban J connectivity index is 1.67. The molecule has 5 heteroatoms. The lowest BCUT2D eigenvalue weighted by Crippen LogP contribution is -2.53. The zero-order chi connectivity index (χ0) is 16.5. The Labute approximate surface area is 140 Å². The Bertz CT molecular complexity index is 748. The summed E-state index contributed by atoms with van der Waals surface area (Å²) in [6, 6.07) is 10.9. The van der Waals surface area contributed by atoms with Gasteiger partial charge in [-0.05, 0) is 36.1 Å². The third-order valence-electron chi connectivity index (χ3n) is 4.94. The van der Waals surface area contributed by atoms with E-state index in [1.54, 1.807) is 17.0 Å². The van der Waals surface area contributed by atoms with Crippen molar-refractivity contribution in [1.82, 2.24) is 9.80 Å². The third kappa shape index (κ3) is 2.60. The fraction of sp³-hybridized carbons (Fsp3) is 0.368. The number of carbonyl (C=O) groups excluding carboxylic acids is 2. The third-order valence-corrected chi connectivity index (χ3v) is 4.94. The lowest BCUT2D eigenvalue weighted by Gasteiger charge is -2.37. The molecule has 124 valence electrons. The normalized spacial score (nSPS) is 20.1. The minimum Gasteiger partial charge on any atom is -0.459 e. The van der Waals surface area contributed by atoms with Gasteiger partial charge in [0, 0.05) is 26.1 Å². The molecular weight excluding hydrogens is 304 g/mol. The number of fused-ring (bicyclic) bond motifs is 1. The number of rotatable bonds is 2. The lowest BCUT2D eigenvalue weighted by molar-refractivity contribution is -0.135. The lowest BCUT2D eigenvalue weighted by atomic mass is 9.93. The van der Waals surface area contributed by atoms with Crippen molar-refractivity contribution in [3.05, 3.63) is 59.5 Å². The van der Waals surface area contributed by atoms with Crippen molar-refractivity contribution >= 4 is 11.8 Å². The number of hydrogen-bond acceptors (Lipinski definition) is 3. The van der Waals surface area contributed by atoms with Crippen LogP contribution in [-0.4, -0.2) is 40.7 Å². The molecule has 0 spiro atoms. The summed E-state index contributed by atoms with van der Waals surface area (Å²) in [5.74, 6) is 0.127. The van der Waals surface area contributed by atoms with Crippen LogP contribution in [0.5, 0.6) is 0 Å². The zero-order valence-electron chi connectivity index (χ0n) is 13.5. The first-order chi connectivity index (χ1) is 11.7. The van der Waals surface area contributed by atoms with Crippen molar-refractivity contribution in [2.45, 2.75) is 31.8 Å². The molecule has 1 saturated heterocycles. The van der Waals surface area contributed by atoms with Crippen molar-refractivity contribution in [2.75, 3.05) is 13.1 Å². The minimum atomic E-state index is -0.449. The minimum absolute atomic E-state index is 0.0573. The Morgan fingerprint density at radius 2 is 1.75 bits per heavy atom. The first-order valence-electron chi connectivity index (χ1n) is 8.44. The molecule has 1 aromatic heterocycles. The molecule has 2 aromatic rings. The quantitative estimate of drug-likeness (QED) is 0.853. The molecule has 2 aliphatic rings. The number of furan rings is 1. The fourth-order valence-corrected chi connectivity index (χ4v) is 3.65. The van der Waals surface area contributed by atoms with Gasteiger partial charge in [-0.25, -0.2) is 0 Å². The largest absolute Gasteiger partial charge is 0.459 e. The molecule has 0 saturated carbocycles. The maximum Gasteiger partial charge on any atom is 0.290 e. The van der Waals surface area contributed by atoms with Crippen LogP contribution >= 0.6 is 0 Å². The van der Waals surface area contributed by atoms with Crippen LogP contribution in [0.4, 0.5) is 0 Å². The number of likely N-dealkylation sites (tertiary alicyclic amines) is 1. The smallest absolute Gasteiger partial charge is 0.290 e. The predicted molar refractivity (Wildman–Crippen MR) is 88.3 cm³/mol. The molecule has 1 aromatic carbocycles. The van der Waals surface area contributed by atoms with Crippen LogP contribution in [0.15, 0.2) is 47.1 Å². The number of nitrogens with zero attached hydrogens (tertiary/aromatic N) is 2. The second-order valence-corrected chi connectivity index (χ2v) is 6.43. The average Bonchev–Trinajstić information content (AvgIpc) is 3.32. The topological polar surface area (TPSA) is 53.8 Å². The summed E-state index contributed by atoms with van der Waals surface area (Å²) in [6.45, 7) is 2.03. The standard InChI is InChI=1S/C19H20N2O3/c22-18(20-9-3-4-10-20)16-12-14-6-1-2-7-15(14)13-21(16)19(23)17-8-5-11-24-17/h1-2,5-8,11,16H,3-4,9-10,12-13H2. The van der Waals surface area contributed by atoms with Gasteiger partial charge in [0.25, 0.3) is 5.91 Å². The van der Waals surface area contributed by atoms with Gasteiger partial charge in [-0.3, -0.25) is 9.59 Å². The van der Waals surface area contributed by atoms with Crippen LogP contribution in [0.2, 0.25) is 0 Å². The van der Waals surface area contributed by atoms with E-state index in [1.165, 1.54) is 6.26 Å². The van der Waals surface area contributed by atoms with E-state index in [1.807, 2.05) is 29.2 Å². The number of benzene rings is 1. The highest BCUT2D eigenvalue weighted by molar-refractivity contribution is 5.96. The summed E-state index contributed by atoms with van der Waals surface area (Å²) in [5.41, 5.74) is 2.25. The molecule has 0 radical (unpaired) electrons. The molecule has 3 heterocycles. The summed E-state index contributed by atoms with van der Waals surface area (Å²) in [4.78, 5) is 29.4. The van der Waals surface area contributed by atoms with Gasteiger partial charge in [0.1, 0.15) is 6.04 Å². The highest BCUT2D eigenvalue weighted by Gasteiger charge is 2.38. The van der Waals surface area contributed by atoms with Gasteiger partial charge in [-0.2, -0.15) is 0 Å². The van der Waals surface area contributed by atoms with E-state index in [4.69, 9.17) is 4.42 Å². The van der Waals surface area contributed by atoms with Gasteiger partial charge in [0.15, 0.2) is 5.76 Å². The average molecular weight is 324 g/mol. The SMILES string of the molecule is O=C(C1Cc2ccccc2CN1C(=O)c1ccco1)N1CCCC1. The molecule has 4 rings (SSSR count). The van der Waals surface area contributed by atoms with Gasteiger partial charge in [0.2, 0.25) is 5.91 Å². The highest BCUT2D eigenvalue weighted by Crippen LogP contribution is 2.27. The van der Waals surface area contributed by atoms with Crippen LogP contribution in [0.25, 0.3) is 0 Å². The number of hydrogen-bond donors (Lipinski definition) is 0. The maximum absolute atomic E-state index is 13.0. The van der Waals surface area contributed by atoms with Gasteiger partial charge in [0.05, 0.1) is 6.26 Å². The van der Waals surface area contributed by atoms with E-state index in [-0.39, 0.29) is 17.6 Å². The molecule has 1 unspecified atom stereocenters. The molecule has 0 aliphatic carbocycles. The van der Waals surface area contributed by atoms with E-state index in [0.717, 1.165) is 37.1 Å². The van der Waals surface area contributed by atoms with E-state index in [0.29, 0.717) is 13.0 Å². The van der Waals surface area contributed by atoms with E-state index in [9.17, 15) is 9.59 Å². The first-order valence-corrected chi connectivity index (χ1v) is 8.44. The van der Waals surface area contributed by atoms with Crippen molar-refractivity contribution in [1.29, 1.82) is 0 Å². The molecule has 1 fully saturated rings. The fourth-order valence-electron chi connectivity index (χ4n) is 3.65. The number of carbonyl (C=O) groups is 2. The van der Waals surface area contributed by atoms with Crippen molar-refractivity contribution in [3.8, 4) is 0 Å². The zero-order valence-corrected chi connectivity index (χ0v) is 13.5. The monoisotopic (exact) mass is 324 g/mol. The Morgan fingerprint density at radius 3 is 2.46 bits per heavy atom. The van der Waals surface area contributed by atoms with Crippen LogP contribution in [0.1, 0.15) is 34.5 Å². The summed E-state index contributed by atoms with van der Waals surface area (Å²) in [5, 5.41) is 0. The van der Waals surface area contributed by atoms with Crippen LogP contribution in [0, 0.1) is 0 Å². The molecule has 24 heavy (non-hydrogen) atoms.